The molecule has 7 rings (SSSR count). The average Bonchev–Trinajstić information content (AvgIpc) is 1.16. The Balaban J connectivity index is 1.31. The van der Waals surface area contributed by atoms with Crippen LogP contribution in [0.15, 0.2) is 11.6 Å². The predicted octanol–water partition coefficient (Wildman–Crippen LogP) is 5.71. The summed E-state index contributed by atoms with van der Waals surface area (Å²) in [5.41, 5.74) is -1.11. The molecule has 3 heterocycles. The molecule has 7 aliphatic rings. The van der Waals surface area contributed by atoms with Gasteiger partial charge in [-0.1, -0.05) is 51.7 Å². The van der Waals surface area contributed by atoms with Gasteiger partial charge in [-0.05, 0) is 140 Å². The lowest BCUT2D eigenvalue weighted by atomic mass is 9.74. The van der Waals surface area contributed by atoms with E-state index in [9.17, 15) is 55.1 Å². The van der Waals surface area contributed by atoms with Crippen molar-refractivity contribution in [1.29, 1.82) is 0 Å². The molecule has 12 amide bonds. The highest BCUT2D eigenvalue weighted by molar-refractivity contribution is 6.01. The number of fused-ring (bicyclic) bond motifs is 3. The first kappa shape index (κ1) is 86.0. The largest absolute Gasteiger partial charge is 0.397 e. The van der Waals surface area contributed by atoms with Crippen molar-refractivity contribution in [1.82, 2.24) is 60.0 Å². The van der Waals surface area contributed by atoms with Crippen LogP contribution in [0.2, 0.25) is 0 Å². The Hall–Kier alpha value is -7.22. The maximum Gasteiger partial charge on any atom is 0.397 e. The molecule has 1 spiro atoms. The normalized spacial score (nSPS) is 32.0. The third kappa shape index (κ3) is 20.2. The van der Waals surface area contributed by atoms with Gasteiger partial charge in [0, 0.05) is 82.5 Å². The lowest BCUT2D eigenvalue weighted by Crippen LogP contribution is -2.68. The Morgan fingerprint density at radius 3 is 1.80 bits per heavy atom. The number of nitrogens with one attached hydrogen (secondary N) is 3. The molecule has 598 valence electrons. The highest BCUT2D eigenvalue weighted by Gasteiger charge is 2.56. The minimum atomic E-state index is -5.22. The van der Waals surface area contributed by atoms with Crippen molar-refractivity contribution >= 4 is 70.9 Å². The fourth-order valence-corrected chi connectivity index (χ4v) is 16.8. The first-order valence-corrected chi connectivity index (χ1v) is 37.6. The summed E-state index contributed by atoms with van der Waals surface area (Å²) in [6, 6.07) is -11.4. The van der Waals surface area contributed by atoms with Crippen molar-refractivity contribution in [2.24, 2.45) is 35.5 Å². The number of hydrogen-bond acceptors (Lipinski definition) is 13. The molecule has 106 heavy (non-hydrogen) atoms. The smallest absolute Gasteiger partial charge is 0.377 e. The van der Waals surface area contributed by atoms with Crippen molar-refractivity contribution < 1.29 is 97.4 Å². The zero-order valence-electron chi connectivity index (χ0n) is 63.6. The SMILES string of the molecule is CCO[C@@H]1C[C@H]2C(=O)NC3(CCC3)C(=O)N(C)[C@@H](C3CCCC3)C(=O)N(C)[C@H](C(=O)N(C)C)CC(=O)N(C)[C@@H](CC)C(=O)N[C@@H]([C@@H](C)CC)C(=O)N(C)CC(=O)N(C)[C@H]3CC(C)=CCN(C3=O)[C@@H](CC3CCC(C(F)(F)F)CC3)C(=O)N(C)CC(=O)N[C@@H](CCC3CC(F)C(C(F)(F)F)C(F)C3)C(=O)N2C1. The number of nitrogens with zero attached hydrogens (tertiary/aromatic N) is 9. The first-order valence-electron chi connectivity index (χ1n) is 37.6. The molecule has 25 nitrogen and oxygen atoms in total. The third-order valence-corrected chi connectivity index (χ3v) is 23.7. The molecule has 3 aliphatic heterocycles. The highest BCUT2D eigenvalue weighted by atomic mass is 19.4. The van der Waals surface area contributed by atoms with E-state index in [1.807, 2.05) is 0 Å². The van der Waals surface area contributed by atoms with Crippen LogP contribution in [0.5, 0.6) is 0 Å². The lowest BCUT2D eigenvalue weighted by molar-refractivity contribution is -0.219. The van der Waals surface area contributed by atoms with Crippen molar-refractivity contribution in [3.05, 3.63) is 11.6 Å². The zero-order valence-corrected chi connectivity index (χ0v) is 63.6. The molecule has 3 N–H and O–H groups in total. The second-order valence-corrected chi connectivity index (χ2v) is 31.2. The number of amides is 12. The van der Waals surface area contributed by atoms with E-state index in [2.05, 4.69) is 16.0 Å². The van der Waals surface area contributed by atoms with Gasteiger partial charge in [-0.3, -0.25) is 57.5 Å². The Morgan fingerprint density at radius 1 is 0.642 bits per heavy atom. The fraction of sp³-hybridized carbons (Fsp3) is 0.808. The van der Waals surface area contributed by atoms with Gasteiger partial charge < -0.3 is 64.8 Å². The lowest BCUT2D eigenvalue weighted by Gasteiger charge is -2.46. The molecule has 12 atom stereocenters. The summed E-state index contributed by atoms with van der Waals surface area (Å²) in [6.07, 6.45) is -15.2. The van der Waals surface area contributed by atoms with Crippen molar-refractivity contribution in [3.8, 4) is 0 Å². The Kier molecular flexibility index (Phi) is 29.5. The van der Waals surface area contributed by atoms with E-state index in [1.54, 1.807) is 40.7 Å². The minimum Gasteiger partial charge on any atom is -0.377 e. The van der Waals surface area contributed by atoms with Crippen LogP contribution in [0.4, 0.5) is 35.1 Å². The molecule has 0 aromatic carbocycles. The van der Waals surface area contributed by atoms with Crippen LogP contribution in [0.3, 0.4) is 0 Å². The van der Waals surface area contributed by atoms with Crippen LogP contribution in [0, 0.1) is 35.5 Å². The molecule has 4 aliphatic carbocycles. The summed E-state index contributed by atoms with van der Waals surface area (Å²) in [7, 11) is 10.8. The minimum absolute atomic E-state index is 0.00321. The van der Waals surface area contributed by atoms with Crippen LogP contribution in [0.25, 0.3) is 0 Å². The number of halogens is 8. The molecule has 0 radical (unpaired) electrons. The van der Waals surface area contributed by atoms with Crippen LogP contribution in [-0.2, 0) is 62.3 Å². The van der Waals surface area contributed by atoms with E-state index in [1.165, 1.54) is 71.1 Å². The molecule has 2 unspecified atom stereocenters. The quantitative estimate of drug-likeness (QED) is 0.156. The van der Waals surface area contributed by atoms with Crippen molar-refractivity contribution in [3.63, 3.8) is 0 Å². The number of rotatable bonds is 12. The zero-order chi connectivity index (χ0) is 78.9. The van der Waals surface area contributed by atoms with Gasteiger partial charge in [0.05, 0.1) is 31.5 Å². The van der Waals surface area contributed by atoms with E-state index in [-0.39, 0.29) is 90.3 Å². The Labute approximate surface area is 616 Å². The van der Waals surface area contributed by atoms with Crippen molar-refractivity contribution in [2.75, 3.05) is 89.2 Å². The number of carbonyl (C=O) groups is 12. The molecule has 6 fully saturated rings. The maximum atomic E-state index is 15.5. The molecule has 0 aromatic heterocycles. The average molecular weight is 1520 g/mol. The topological polar surface area (TPSA) is 279 Å². The number of carbonyl (C=O) groups excluding carboxylic acids is 12. The molecule has 2 saturated heterocycles. The van der Waals surface area contributed by atoms with Crippen LogP contribution < -0.4 is 16.0 Å². The number of hydrogen-bond donors (Lipinski definition) is 3. The second-order valence-electron chi connectivity index (χ2n) is 31.2. The second kappa shape index (κ2) is 36.3. The van der Waals surface area contributed by atoms with Gasteiger partial charge >= 0.3 is 12.4 Å². The summed E-state index contributed by atoms with van der Waals surface area (Å²) < 4.78 is 121. The molecule has 33 heteroatoms. The van der Waals surface area contributed by atoms with E-state index < -0.39 is 230 Å². The molecular weight excluding hydrogens is 1400 g/mol. The third-order valence-electron chi connectivity index (χ3n) is 23.7. The van der Waals surface area contributed by atoms with Gasteiger partial charge in [0.15, 0.2) is 0 Å². The first-order chi connectivity index (χ1) is 49.6. The predicted molar refractivity (Wildman–Crippen MR) is 372 cm³/mol. The van der Waals surface area contributed by atoms with Gasteiger partial charge in [0.1, 0.15) is 72.1 Å². The van der Waals surface area contributed by atoms with E-state index in [0.717, 1.165) is 29.4 Å². The van der Waals surface area contributed by atoms with Gasteiger partial charge in [0.2, 0.25) is 70.9 Å². The summed E-state index contributed by atoms with van der Waals surface area (Å²) >= 11 is 0. The van der Waals surface area contributed by atoms with Crippen molar-refractivity contribution in [2.45, 2.75) is 254 Å². The summed E-state index contributed by atoms with van der Waals surface area (Å²) in [4.78, 5) is 190. The highest BCUT2D eigenvalue weighted by Crippen LogP contribution is 2.46. The molecule has 0 aromatic rings. The van der Waals surface area contributed by atoms with E-state index >= 15 is 37.5 Å². The van der Waals surface area contributed by atoms with Gasteiger partial charge in [-0.25, -0.2) is 8.78 Å². The monoisotopic (exact) mass is 1520 g/mol. The fourth-order valence-electron chi connectivity index (χ4n) is 16.8. The van der Waals surface area contributed by atoms with Gasteiger partial charge in [-0.2, -0.15) is 26.3 Å². The van der Waals surface area contributed by atoms with Crippen LogP contribution in [0.1, 0.15) is 169 Å². The van der Waals surface area contributed by atoms with Gasteiger partial charge in [0.25, 0.3) is 0 Å². The number of alkyl halides is 8. The summed E-state index contributed by atoms with van der Waals surface area (Å²) in [5.74, 6) is -16.9. The van der Waals surface area contributed by atoms with Crippen LogP contribution >= 0.6 is 0 Å². The van der Waals surface area contributed by atoms with Gasteiger partial charge in [-0.15, -0.1) is 0 Å². The standard InChI is InChI=1S/C73H112F8N12O13/c1-14-42(5)60-68(103)87(9)40-58(96)89(11)53-32-41(4)28-31-92(67(53)102)55(35-43-22-25-46(26-23-43)72(76,77)78)66(101)86(8)39-56(94)82-50(27-24-44-33-48(74)59(49(75)34-44)73(79,80)81)64(99)93-38-47(106-16-3)36-52(93)63(98)84-71(29-19-30-71)70(105)91(13)61(45-20-17-18-21-45)69(104)90(12)54(65(100)85(6)7)37-57(95)88(10)51(15-2)62(97)83-60/h28,42-55,59-61H,14-27,29-40H2,1-13H3,(H,82,94)(H,83,97)(H,84,98)/t42-,43?,44?,46?,47+,48?,49?,50-,51-,52-,53-,54-,55-,59?,60-,61-/m0/s1. The van der Waals surface area contributed by atoms with Crippen LogP contribution in [-0.4, -0.2) is 289 Å². The van der Waals surface area contributed by atoms with E-state index in [0.29, 0.717) is 44.1 Å². The molecule has 2 bridgehead atoms. The number of likely N-dealkylation sites (N-methyl/N-ethyl adjacent to an activating group) is 7. The Bertz CT molecular complexity index is 3210. The molecular formula is C73H112F8N12O13. The molecule has 4 saturated carbocycles. The summed E-state index contributed by atoms with van der Waals surface area (Å²) in [5, 5.41) is 8.33. The Morgan fingerprint density at radius 2 is 1.25 bits per heavy atom. The number of ether oxygens (including phenoxy) is 1. The summed E-state index contributed by atoms with van der Waals surface area (Å²) in [6.45, 7) is 6.43. The van der Waals surface area contributed by atoms with E-state index in [4.69, 9.17) is 4.74 Å². The maximum absolute atomic E-state index is 15.5.